The number of carbonyl (C=O) groups excluding carboxylic acids is 2. The lowest BCUT2D eigenvalue weighted by molar-refractivity contribution is -0.167. The number of benzene rings is 2. The molecule has 2 heterocycles. The minimum atomic E-state index is -0.814. The fourth-order valence-corrected chi connectivity index (χ4v) is 3.90. The zero-order valence-electron chi connectivity index (χ0n) is 14.8. The van der Waals surface area contributed by atoms with Gasteiger partial charge in [-0.1, -0.05) is 36.4 Å². The first-order valence-electron chi connectivity index (χ1n) is 9.14. The molecule has 140 valence electrons. The maximum Gasteiger partial charge on any atom is 0.323 e. The number of nitrogens with two attached hydrogens (primary N) is 1. The SMILES string of the molecule is N[C@H]1CC[C@H](C(=O)N2CCc3ccccc3[C@@H]2c2ccc(F)cc2)OC1=O. The van der Waals surface area contributed by atoms with E-state index in [0.717, 1.165) is 17.5 Å². The van der Waals surface area contributed by atoms with Gasteiger partial charge >= 0.3 is 5.97 Å². The van der Waals surface area contributed by atoms with Crippen LogP contribution in [0.2, 0.25) is 0 Å². The van der Waals surface area contributed by atoms with Crippen LogP contribution in [0.25, 0.3) is 0 Å². The van der Waals surface area contributed by atoms with Gasteiger partial charge in [0.15, 0.2) is 6.10 Å². The van der Waals surface area contributed by atoms with Gasteiger partial charge in [0.1, 0.15) is 11.9 Å². The fraction of sp³-hybridized carbons (Fsp3) is 0.333. The van der Waals surface area contributed by atoms with Gasteiger partial charge in [-0.3, -0.25) is 9.59 Å². The fourth-order valence-electron chi connectivity index (χ4n) is 3.90. The predicted octanol–water partition coefficient (Wildman–Crippen LogP) is 2.33. The van der Waals surface area contributed by atoms with Gasteiger partial charge in [0, 0.05) is 6.54 Å². The largest absolute Gasteiger partial charge is 0.451 e. The molecular weight excluding hydrogens is 347 g/mol. The van der Waals surface area contributed by atoms with Gasteiger partial charge in [-0.15, -0.1) is 0 Å². The van der Waals surface area contributed by atoms with Crippen molar-refractivity contribution in [1.29, 1.82) is 0 Å². The number of rotatable bonds is 2. The Bertz CT molecular complexity index is 868. The average molecular weight is 368 g/mol. The van der Waals surface area contributed by atoms with Crippen LogP contribution in [0.4, 0.5) is 4.39 Å². The van der Waals surface area contributed by atoms with E-state index in [4.69, 9.17) is 10.5 Å². The van der Waals surface area contributed by atoms with Crippen molar-refractivity contribution >= 4 is 11.9 Å². The number of fused-ring (bicyclic) bond motifs is 1. The van der Waals surface area contributed by atoms with Crippen molar-refractivity contribution in [2.75, 3.05) is 6.54 Å². The van der Waals surface area contributed by atoms with E-state index in [1.165, 1.54) is 17.7 Å². The van der Waals surface area contributed by atoms with E-state index in [1.807, 2.05) is 24.3 Å². The molecule has 2 aromatic carbocycles. The lowest BCUT2D eigenvalue weighted by Crippen LogP contribution is -2.50. The molecule has 2 N–H and O–H groups in total. The molecule has 2 aliphatic rings. The monoisotopic (exact) mass is 368 g/mol. The Morgan fingerprint density at radius 1 is 1.11 bits per heavy atom. The zero-order valence-corrected chi connectivity index (χ0v) is 14.8. The summed E-state index contributed by atoms with van der Waals surface area (Å²) < 4.78 is 18.7. The van der Waals surface area contributed by atoms with Crippen LogP contribution in [0.3, 0.4) is 0 Å². The Morgan fingerprint density at radius 3 is 2.59 bits per heavy atom. The average Bonchev–Trinajstić information content (AvgIpc) is 2.69. The van der Waals surface area contributed by atoms with Gasteiger partial charge in [-0.25, -0.2) is 4.39 Å². The second-order valence-electron chi connectivity index (χ2n) is 7.04. The first kappa shape index (κ1) is 17.7. The molecule has 0 radical (unpaired) electrons. The van der Waals surface area contributed by atoms with Crippen molar-refractivity contribution < 1.29 is 18.7 Å². The highest BCUT2D eigenvalue weighted by atomic mass is 19.1. The first-order chi connectivity index (χ1) is 13.0. The summed E-state index contributed by atoms with van der Waals surface area (Å²) in [6.45, 7) is 0.512. The predicted molar refractivity (Wildman–Crippen MR) is 97.2 cm³/mol. The van der Waals surface area contributed by atoms with E-state index in [2.05, 4.69) is 0 Å². The first-order valence-corrected chi connectivity index (χ1v) is 9.14. The molecule has 2 aromatic rings. The van der Waals surface area contributed by atoms with Crippen LogP contribution in [0, 0.1) is 5.82 Å². The summed E-state index contributed by atoms with van der Waals surface area (Å²) in [6.07, 6.45) is 0.756. The van der Waals surface area contributed by atoms with Crippen LogP contribution in [-0.4, -0.2) is 35.5 Å². The maximum absolute atomic E-state index is 13.4. The molecule has 0 aliphatic carbocycles. The highest BCUT2D eigenvalue weighted by Crippen LogP contribution is 2.36. The van der Waals surface area contributed by atoms with Gasteiger partial charge in [0.25, 0.3) is 5.91 Å². The summed E-state index contributed by atoms with van der Waals surface area (Å²) in [5, 5.41) is 0. The number of amides is 1. The molecule has 1 saturated heterocycles. The lowest BCUT2D eigenvalue weighted by atomic mass is 9.87. The zero-order chi connectivity index (χ0) is 19.0. The molecular formula is C21H21FN2O3. The van der Waals surface area contributed by atoms with E-state index in [9.17, 15) is 14.0 Å². The van der Waals surface area contributed by atoms with Crippen molar-refractivity contribution in [3.63, 3.8) is 0 Å². The van der Waals surface area contributed by atoms with Gasteiger partial charge in [0.05, 0.1) is 6.04 Å². The molecule has 0 aromatic heterocycles. The van der Waals surface area contributed by atoms with Crippen LogP contribution < -0.4 is 5.73 Å². The van der Waals surface area contributed by atoms with E-state index in [-0.39, 0.29) is 17.8 Å². The number of hydrogen-bond donors (Lipinski definition) is 1. The molecule has 0 saturated carbocycles. The van der Waals surface area contributed by atoms with Crippen molar-refractivity contribution in [2.24, 2.45) is 5.73 Å². The van der Waals surface area contributed by atoms with E-state index < -0.39 is 18.1 Å². The second-order valence-corrected chi connectivity index (χ2v) is 7.04. The van der Waals surface area contributed by atoms with E-state index in [0.29, 0.717) is 19.4 Å². The smallest absolute Gasteiger partial charge is 0.323 e. The van der Waals surface area contributed by atoms with Crippen molar-refractivity contribution in [2.45, 2.75) is 37.5 Å². The van der Waals surface area contributed by atoms with Crippen molar-refractivity contribution in [3.8, 4) is 0 Å². The summed E-state index contributed by atoms with van der Waals surface area (Å²) >= 11 is 0. The molecule has 6 heteroatoms. The van der Waals surface area contributed by atoms with Crippen LogP contribution in [0.1, 0.15) is 35.6 Å². The minimum absolute atomic E-state index is 0.223. The lowest BCUT2D eigenvalue weighted by Gasteiger charge is -2.40. The Balaban J connectivity index is 1.69. The van der Waals surface area contributed by atoms with Crippen LogP contribution in [-0.2, 0) is 20.7 Å². The molecule has 3 atom stereocenters. The van der Waals surface area contributed by atoms with Crippen LogP contribution >= 0.6 is 0 Å². The number of nitrogens with zero attached hydrogens (tertiary/aromatic N) is 1. The second kappa shape index (κ2) is 7.12. The van der Waals surface area contributed by atoms with Crippen molar-refractivity contribution in [1.82, 2.24) is 4.90 Å². The molecule has 4 rings (SSSR count). The molecule has 2 aliphatic heterocycles. The summed E-state index contributed by atoms with van der Waals surface area (Å²) in [7, 11) is 0. The Kier molecular flexibility index (Phi) is 4.66. The van der Waals surface area contributed by atoms with Gasteiger partial charge < -0.3 is 15.4 Å². The minimum Gasteiger partial charge on any atom is -0.451 e. The maximum atomic E-state index is 13.4. The number of halogens is 1. The Morgan fingerprint density at radius 2 is 1.85 bits per heavy atom. The summed E-state index contributed by atoms with van der Waals surface area (Å²) in [5.74, 6) is -1.08. The summed E-state index contributed by atoms with van der Waals surface area (Å²) in [4.78, 5) is 26.8. The molecule has 27 heavy (non-hydrogen) atoms. The molecule has 0 unspecified atom stereocenters. The normalized spacial score (nSPS) is 24.9. The number of ether oxygens (including phenoxy) is 1. The summed E-state index contributed by atoms with van der Waals surface area (Å²) in [6, 6.07) is 13.1. The highest BCUT2D eigenvalue weighted by molar-refractivity contribution is 5.87. The Hall–Kier alpha value is -2.73. The number of carbonyl (C=O) groups is 2. The quantitative estimate of drug-likeness (QED) is 0.826. The highest BCUT2D eigenvalue weighted by Gasteiger charge is 2.39. The number of esters is 1. The summed E-state index contributed by atoms with van der Waals surface area (Å²) in [5.41, 5.74) is 8.69. The number of hydrogen-bond acceptors (Lipinski definition) is 4. The van der Waals surface area contributed by atoms with Crippen LogP contribution in [0.15, 0.2) is 48.5 Å². The third-order valence-electron chi connectivity index (χ3n) is 5.33. The van der Waals surface area contributed by atoms with Gasteiger partial charge in [0.2, 0.25) is 0 Å². The molecule has 0 spiro atoms. The molecule has 1 amide bonds. The van der Waals surface area contributed by atoms with Crippen molar-refractivity contribution in [3.05, 3.63) is 71.0 Å². The third-order valence-corrected chi connectivity index (χ3v) is 5.33. The van der Waals surface area contributed by atoms with Crippen LogP contribution in [0.5, 0.6) is 0 Å². The van der Waals surface area contributed by atoms with Gasteiger partial charge in [-0.2, -0.15) is 0 Å². The molecule has 5 nitrogen and oxygen atoms in total. The standard InChI is InChI=1S/C21H21FN2O3/c22-15-7-5-14(6-8-15)19-16-4-2-1-3-13(16)11-12-24(19)20(25)18-10-9-17(23)21(26)27-18/h1-8,17-19H,9-12,23H2/t17-,18+,19-/m0/s1. The van der Waals surface area contributed by atoms with Gasteiger partial charge in [-0.05, 0) is 48.1 Å². The third kappa shape index (κ3) is 3.32. The molecule has 1 fully saturated rings. The Labute approximate surface area is 156 Å². The number of cyclic esters (lactones) is 1. The molecule has 0 bridgehead atoms. The van der Waals surface area contributed by atoms with E-state index in [1.54, 1.807) is 17.0 Å². The van der Waals surface area contributed by atoms with E-state index >= 15 is 0 Å². The topological polar surface area (TPSA) is 72.6 Å².